The van der Waals surface area contributed by atoms with Crippen LogP contribution in [-0.4, -0.2) is 6.29 Å². The molecule has 0 saturated carbocycles. The maximum atomic E-state index is 10.9. The Balaban J connectivity index is 2.10. The molecule has 0 spiro atoms. The highest BCUT2D eigenvalue weighted by Gasteiger charge is 2.04. The standard InChI is InChI=1S/C20H14O/c21-9-8-14-6-3-7-17-12-18-10-15-4-1-2-5-16(15)11-19(18)13-20(14)17/h1-7,9-13H,8H2. The molecule has 4 rings (SSSR count). The highest BCUT2D eigenvalue weighted by atomic mass is 16.1. The first-order valence-corrected chi connectivity index (χ1v) is 7.13. The Kier molecular flexibility index (Phi) is 2.71. The zero-order valence-corrected chi connectivity index (χ0v) is 11.5. The summed E-state index contributed by atoms with van der Waals surface area (Å²) in [7, 11) is 0. The van der Waals surface area contributed by atoms with Gasteiger partial charge in [-0.25, -0.2) is 0 Å². The lowest BCUT2D eigenvalue weighted by atomic mass is 9.96. The molecule has 100 valence electrons. The van der Waals surface area contributed by atoms with E-state index < -0.39 is 0 Å². The van der Waals surface area contributed by atoms with Crippen LogP contribution in [0.4, 0.5) is 0 Å². The van der Waals surface area contributed by atoms with Gasteiger partial charge in [0.2, 0.25) is 0 Å². The van der Waals surface area contributed by atoms with E-state index in [-0.39, 0.29) is 0 Å². The number of hydrogen-bond donors (Lipinski definition) is 0. The fourth-order valence-corrected chi connectivity index (χ4v) is 3.05. The monoisotopic (exact) mass is 270 g/mol. The smallest absolute Gasteiger partial charge is 0.124 e. The van der Waals surface area contributed by atoms with Crippen molar-refractivity contribution in [2.24, 2.45) is 0 Å². The van der Waals surface area contributed by atoms with Gasteiger partial charge < -0.3 is 4.79 Å². The van der Waals surface area contributed by atoms with Crippen LogP contribution >= 0.6 is 0 Å². The summed E-state index contributed by atoms with van der Waals surface area (Å²) in [5.41, 5.74) is 1.09. The second-order valence-corrected chi connectivity index (χ2v) is 5.41. The molecule has 0 radical (unpaired) electrons. The SMILES string of the molecule is O=CCc1cccc2cc3cc4ccccc4cc3cc12. The molecule has 0 aromatic heterocycles. The van der Waals surface area contributed by atoms with Crippen LogP contribution in [0, 0.1) is 0 Å². The van der Waals surface area contributed by atoms with Gasteiger partial charge >= 0.3 is 0 Å². The van der Waals surface area contributed by atoms with Gasteiger partial charge in [0.25, 0.3) is 0 Å². The van der Waals surface area contributed by atoms with Crippen molar-refractivity contribution in [3.63, 3.8) is 0 Å². The zero-order chi connectivity index (χ0) is 14.2. The third-order valence-electron chi connectivity index (χ3n) is 4.10. The Bertz CT molecular complexity index is 983. The lowest BCUT2D eigenvalue weighted by molar-refractivity contribution is -0.107. The maximum Gasteiger partial charge on any atom is 0.124 e. The quantitative estimate of drug-likeness (QED) is 0.374. The number of carbonyl (C=O) groups is 1. The second kappa shape index (κ2) is 4.71. The molecule has 0 atom stereocenters. The van der Waals surface area contributed by atoms with E-state index >= 15 is 0 Å². The fraction of sp³-hybridized carbons (Fsp3) is 0.0500. The Morgan fingerprint density at radius 2 is 1.29 bits per heavy atom. The van der Waals surface area contributed by atoms with Gasteiger partial charge in [-0.3, -0.25) is 0 Å². The van der Waals surface area contributed by atoms with Crippen LogP contribution in [0.5, 0.6) is 0 Å². The van der Waals surface area contributed by atoms with Crippen LogP contribution in [0.25, 0.3) is 32.3 Å². The van der Waals surface area contributed by atoms with Crippen LogP contribution in [0.3, 0.4) is 0 Å². The van der Waals surface area contributed by atoms with Crippen LogP contribution in [0.2, 0.25) is 0 Å². The summed E-state index contributed by atoms with van der Waals surface area (Å²) in [5, 5.41) is 7.33. The molecular weight excluding hydrogens is 256 g/mol. The van der Waals surface area contributed by atoms with Crippen molar-refractivity contribution in [1.29, 1.82) is 0 Å². The number of aldehydes is 1. The summed E-state index contributed by atoms with van der Waals surface area (Å²) in [5.74, 6) is 0. The van der Waals surface area contributed by atoms with Crippen molar-refractivity contribution in [2.75, 3.05) is 0 Å². The summed E-state index contributed by atoms with van der Waals surface area (Å²) in [6, 6.07) is 23.4. The van der Waals surface area contributed by atoms with Crippen molar-refractivity contribution in [3.05, 3.63) is 72.3 Å². The molecule has 0 aliphatic heterocycles. The van der Waals surface area contributed by atoms with Gasteiger partial charge in [-0.05, 0) is 62.1 Å². The number of carbonyl (C=O) groups excluding carboxylic acids is 1. The van der Waals surface area contributed by atoms with Crippen molar-refractivity contribution in [1.82, 2.24) is 0 Å². The van der Waals surface area contributed by atoms with Gasteiger partial charge in [-0.15, -0.1) is 0 Å². The normalized spacial score (nSPS) is 11.2. The van der Waals surface area contributed by atoms with E-state index in [0.717, 1.165) is 11.8 Å². The van der Waals surface area contributed by atoms with E-state index in [0.29, 0.717) is 6.42 Å². The van der Waals surface area contributed by atoms with E-state index in [1.807, 2.05) is 12.1 Å². The minimum atomic E-state index is 0.469. The van der Waals surface area contributed by atoms with Crippen LogP contribution in [-0.2, 0) is 11.2 Å². The minimum absolute atomic E-state index is 0.469. The fourth-order valence-electron chi connectivity index (χ4n) is 3.05. The summed E-state index contributed by atoms with van der Waals surface area (Å²) < 4.78 is 0. The molecule has 21 heavy (non-hydrogen) atoms. The Morgan fingerprint density at radius 3 is 2.00 bits per heavy atom. The molecule has 4 aromatic rings. The molecule has 0 amide bonds. The minimum Gasteiger partial charge on any atom is -0.303 e. The summed E-state index contributed by atoms with van der Waals surface area (Å²) in [6.07, 6.45) is 1.44. The summed E-state index contributed by atoms with van der Waals surface area (Å²) in [6.45, 7) is 0. The molecular formula is C20H14O. The van der Waals surface area contributed by atoms with E-state index in [9.17, 15) is 4.79 Å². The van der Waals surface area contributed by atoms with Crippen LogP contribution in [0.15, 0.2) is 66.7 Å². The lowest BCUT2D eigenvalue weighted by Crippen LogP contribution is -1.88. The highest BCUT2D eigenvalue weighted by molar-refractivity contribution is 6.05. The van der Waals surface area contributed by atoms with E-state index in [1.165, 1.54) is 32.3 Å². The summed E-state index contributed by atoms with van der Waals surface area (Å²) in [4.78, 5) is 10.9. The number of hydrogen-bond acceptors (Lipinski definition) is 1. The molecule has 0 unspecified atom stereocenters. The van der Waals surface area contributed by atoms with E-state index in [2.05, 4.69) is 54.6 Å². The molecule has 1 heteroatoms. The molecule has 4 aromatic carbocycles. The van der Waals surface area contributed by atoms with Crippen LogP contribution < -0.4 is 0 Å². The molecule has 0 heterocycles. The summed E-state index contributed by atoms with van der Waals surface area (Å²) >= 11 is 0. The predicted molar refractivity (Wildman–Crippen MR) is 88.7 cm³/mol. The Labute approximate surface area is 122 Å². The third kappa shape index (κ3) is 1.98. The first-order valence-electron chi connectivity index (χ1n) is 7.13. The average molecular weight is 270 g/mol. The molecule has 1 nitrogen and oxygen atoms in total. The number of fused-ring (bicyclic) bond motifs is 3. The number of rotatable bonds is 2. The molecule has 0 aliphatic carbocycles. The molecule has 0 aliphatic rings. The van der Waals surface area contributed by atoms with E-state index in [1.54, 1.807) is 0 Å². The topological polar surface area (TPSA) is 17.1 Å². The molecule has 0 fully saturated rings. The van der Waals surface area contributed by atoms with Gasteiger partial charge in [0.1, 0.15) is 6.29 Å². The first-order chi connectivity index (χ1) is 10.3. The lowest BCUT2D eigenvalue weighted by Gasteiger charge is -2.08. The van der Waals surface area contributed by atoms with E-state index in [4.69, 9.17) is 0 Å². The van der Waals surface area contributed by atoms with Crippen molar-refractivity contribution in [2.45, 2.75) is 6.42 Å². The molecule has 0 saturated heterocycles. The van der Waals surface area contributed by atoms with Crippen molar-refractivity contribution >= 4 is 38.6 Å². The average Bonchev–Trinajstić information content (AvgIpc) is 2.52. The van der Waals surface area contributed by atoms with Crippen molar-refractivity contribution < 1.29 is 4.79 Å². The molecule has 0 bridgehead atoms. The van der Waals surface area contributed by atoms with Gasteiger partial charge in [-0.2, -0.15) is 0 Å². The van der Waals surface area contributed by atoms with Gasteiger partial charge in [0.15, 0.2) is 0 Å². The Hall–Kier alpha value is -2.67. The van der Waals surface area contributed by atoms with Crippen molar-refractivity contribution in [3.8, 4) is 0 Å². The van der Waals surface area contributed by atoms with Gasteiger partial charge in [0.05, 0.1) is 0 Å². The maximum absolute atomic E-state index is 10.9. The predicted octanol–water partition coefficient (Wildman–Crippen LogP) is 4.89. The van der Waals surface area contributed by atoms with Gasteiger partial charge in [0, 0.05) is 6.42 Å². The van der Waals surface area contributed by atoms with Gasteiger partial charge in [-0.1, -0.05) is 42.5 Å². The van der Waals surface area contributed by atoms with Crippen LogP contribution in [0.1, 0.15) is 5.56 Å². The first kappa shape index (κ1) is 12.1. The highest BCUT2D eigenvalue weighted by Crippen LogP contribution is 2.29. The number of benzene rings is 4. The molecule has 0 N–H and O–H groups in total. The largest absolute Gasteiger partial charge is 0.303 e. The Morgan fingerprint density at radius 1 is 0.667 bits per heavy atom. The second-order valence-electron chi connectivity index (χ2n) is 5.41. The third-order valence-corrected chi connectivity index (χ3v) is 4.10. The zero-order valence-electron chi connectivity index (χ0n) is 11.5.